The number of para-hydroxylation sites is 1. The number of azo groups is 5. The van der Waals surface area contributed by atoms with Crippen molar-refractivity contribution in [3.63, 3.8) is 0 Å². The number of anilines is 2. The first-order valence-corrected chi connectivity index (χ1v) is 44.6. The lowest BCUT2D eigenvalue weighted by Gasteiger charge is -2.15. The number of allylic oxidation sites excluding steroid dienone is 2. The molecule has 0 aliphatic heterocycles. The fourth-order valence-corrected chi connectivity index (χ4v) is 16.8. The molecule has 116 heavy (non-hydrogen) atoms. The number of phenolic OH excluding ortho intramolecular Hbond substituents is 4. The van der Waals surface area contributed by atoms with E-state index in [0.29, 0.717) is 36.4 Å². The second kappa shape index (κ2) is 32.6. The Kier molecular flexibility index (Phi) is 24.4. The van der Waals surface area contributed by atoms with Crippen LogP contribution in [0.1, 0.15) is 30.9 Å². The van der Waals surface area contributed by atoms with E-state index in [2.05, 4.69) is 56.5 Å². The summed E-state index contributed by atoms with van der Waals surface area (Å²) in [5, 5.41) is 83.1. The highest BCUT2D eigenvalue weighted by atomic mass is 32.3. The van der Waals surface area contributed by atoms with Gasteiger partial charge in [0.05, 0.1) is 39.2 Å². The van der Waals surface area contributed by atoms with Crippen LogP contribution in [0.25, 0.3) is 38.0 Å². The van der Waals surface area contributed by atoms with Crippen molar-refractivity contribution in [2.75, 3.05) is 17.7 Å². The van der Waals surface area contributed by atoms with E-state index in [4.69, 9.17) is 4.74 Å². The van der Waals surface area contributed by atoms with E-state index in [-0.39, 0.29) is 29.0 Å². The topological polar surface area (TPSA) is 715 Å². The van der Waals surface area contributed by atoms with Gasteiger partial charge in [0.25, 0.3) is 91.1 Å². The third-order valence-electron chi connectivity index (χ3n) is 16.0. The number of ether oxygens (including phenoxy) is 1. The van der Waals surface area contributed by atoms with Gasteiger partial charge in [-0.15, -0.1) is 46.0 Å². The Morgan fingerprint density at radius 1 is 0.414 bits per heavy atom. The van der Waals surface area contributed by atoms with E-state index < -0.39 is 267 Å². The molecule has 0 radical (unpaired) electrons. The van der Waals surface area contributed by atoms with Crippen LogP contribution >= 0.6 is 0 Å². The lowest BCUT2D eigenvalue weighted by Crippen LogP contribution is -2.08. The Morgan fingerprint density at radius 2 is 0.871 bits per heavy atom. The summed E-state index contributed by atoms with van der Waals surface area (Å²) in [5.41, 5.74) is -8.72. The second-order valence-corrected chi connectivity index (χ2v) is 36.6. The van der Waals surface area contributed by atoms with Gasteiger partial charge in [-0.3, -0.25) is 41.0 Å². The molecule has 0 aliphatic rings. The molecule has 10 rings (SSSR count). The van der Waals surface area contributed by atoms with E-state index in [1.807, 2.05) is 0 Å². The molecule has 52 heteroatoms. The highest BCUT2D eigenvalue weighted by Gasteiger charge is 2.33. The zero-order valence-corrected chi connectivity index (χ0v) is 65.3. The maximum Gasteiger partial charge on any atom is 0.297 e. The molecule has 0 saturated carbocycles. The van der Waals surface area contributed by atoms with Crippen molar-refractivity contribution in [1.29, 1.82) is 0 Å². The van der Waals surface area contributed by atoms with E-state index in [0.717, 1.165) is 78.9 Å². The van der Waals surface area contributed by atoms with Gasteiger partial charge in [0.2, 0.25) is 0 Å². The number of hydrogen-bond donors (Lipinski definition) is 14. The first-order valence-electron chi connectivity index (χ1n) is 31.5. The quantitative estimate of drug-likeness (QED) is 0.00937. The van der Waals surface area contributed by atoms with Crippen LogP contribution in [0.15, 0.2) is 242 Å². The molecule has 0 unspecified atom stereocenters. The van der Waals surface area contributed by atoms with Crippen LogP contribution in [0.2, 0.25) is 0 Å². The van der Waals surface area contributed by atoms with Gasteiger partial charge in [-0.2, -0.15) is 80.9 Å². The summed E-state index contributed by atoms with van der Waals surface area (Å²) in [5.74, 6) is -6.23. The molecule has 14 N–H and O–H groups in total. The molecule has 10 aromatic rings. The smallest absolute Gasteiger partial charge is 0.297 e. The van der Waals surface area contributed by atoms with Gasteiger partial charge in [-0.25, -0.2) is 0 Å². The highest BCUT2D eigenvalue weighted by molar-refractivity contribution is 7.90. The molecule has 0 atom stereocenters. The largest absolute Gasteiger partial charge is 0.507 e. The van der Waals surface area contributed by atoms with Crippen LogP contribution in [-0.2, 0) is 91.1 Å². The molecule has 0 saturated heterocycles. The van der Waals surface area contributed by atoms with E-state index in [9.17, 15) is 137 Å². The van der Waals surface area contributed by atoms with E-state index in [1.165, 1.54) is 44.2 Å². The lowest BCUT2D eigenvalue weighted by atomic mass is 10.0. The second-order valence-electron chi connectivity index (χ2n) is 23.9. The summed E-state index contributed by atoms with van der Waals surface area (Å²) in [6.07, 6.45) is 1.26. The minimum absolute atomic E-state index is 0.0108. The number of hydrogen-bond acceptors (Lipinski definition) is 34. The van der Waals surface area contributed by atoms with Crippen LogP contribution in [0.5, 0.6) is 28.7 Å². The number of nitrogens with one attached hydrogen (secondary N) is 1. The minimum atomic E-state index is -5.82. The van der Waals surface area contributed by atoms with Crippen LogP contribution in [0, 0.1) is 6.92 Å². The standard InChI is InChI=1S/C64H53N11O32S9/c1-3-10-34(109(83,84)85)26-48(39-16-15-35(27-50(39)76)110(86,87)88)70-69-47-31-51(107-23-9-24-108(80,81)82)49(25-32(47)2)71-75-59-55(114(98,99)100)30-41-38(62(59)79)18-21-45(63(41)115(101,102)103)67-72-56-40-28-53(112(92,93)94)57(60(77)36(40)17-20-44(56)65-33-11-5-4-6-12-33)74-68-46-22-19-37-42(64(46)116(104,105)106)29-54(113(95,96)97)58(61(37)78)73-66-43-13-7-8-14-52(43)111(89,90)91/h4-8,10-22,25-31,65,76-79H,3,9,23-24H2,1-2H3,(H,80,81,82)(H,83,84,85)(H,86,87,88)(H,89,90,91)(H,92,93,94)(H,95,96,97)(H,98,99,100)(H,101,102,103)(H,104,105,106)/b34-10+,48-26+,70-69?,72-67?,73-66?,74-68?,75-71?. The van der Waals surface area contributed by atoms with Crippen molar-refractivity contribution < 1.29 is 142 Å². The molecule has 0 aromatic heterocycles. The fraction of sp³-hybridized carbons (Fsp3) is 0.0938. The summed E-state index contributed by atoms with van der Waals surface area (Å²) in [7, 11) is -48.4. The molecule has 0 bridgehead atoms. The molecule has 10 aromatic carbocycles. The van der Waals surface area contributed by atoms with Crippen LogP contribution in [0.3, 0.4) is 0 Å². The van der Waals surface area contributed by atoms with Crippen molar-refractivity contribution in [3.05, 3.63) is 168 Å². The Balaban J connectivity index is 1.11. The number of fused-ring (bicyclic) bond motifs is 3. The normalized spacial score (nSPS) is 13.6. The Morgan fingerprint density at radius 3 is 1.34 bits per heavy atom. The van der Waals surface area contributed by atoms with Crippen molar-refractivity contribution in [2.45, 2.75) is 61.0 Å². The maximum atomic E-state index is 13.7. The van der Waals surface area contributed by atoms with Crippen molar-refractivity contribution in [3.8, 4) is 28.7 Å². The molecule has 0 heterocycles. The zero-order valence-electron chi connectivity index (χ0n) is 58.0. The Labute approximate surface area is 655 Å². The highest BCUT2D eigenvalue weighted by Crippen LogP contribution is 2.52. The number of aromatic hydroxyl groups is 4. The van der Waals surface area contributed by atoms with Crippen LogP contribution in [-0.4, -0.2) is 150 Å². The van der Waals surface area contributed by atoms with Crippen molar-refractivity contribution in [1.82, 2.24) is 0 Å². The van der Waals surface area contributed by atoms with Crippen molar-refractivity contribution >= 4 is 192 Å². The molecule has 0 fully saturated rings. The average molecular weight is 1780 g/mol. The fourth-order valence-electron chi connectivity index (χ4n) is 10.9. The SMILES string of the molecule is CC/C=C(\C=C(\N=Nc1cc(OCCCS(=O)(=O)O)c(N=Nc2c(S(=O)(=O)O)cc3c(S(=O)(=O)O)c(N=Nc4c(Nc5ccccc5)ccc5c(O)c(N=Nc6ccc7c(O)c(N=Nc8ccccc8S(=O)(=O)O)c(S(=O)(=O)O)cc7c6S(=O)(=O)O)c(S(=O)(=O)O)cc45)ccc3c2O)cc1C)c1ccc(S(=O)(=O)O)cc1O)S(=O)(=O)O. The van der Waals surface area contributed by atoms with Gasteiger partial charge in [-0.05, 0) is 128 Å². The number of benzene rings is 10. The predicted octanol–water partition coefficient (Wildman–Crippen LogP) is 13.4. The summed E-state index contributed by atoms with van der Waals surface area (Å²) in [4.78, 5) is -9.72. The van der Waals surface area contributed by atoms with Crippen molar-refractivity contribution in [2.24, 2.45) is 51.1 Å². The van der Waals surface area contributed by atoms with Gasteiger partial charge >= 0.3 is 0 Å². The zero-order chi connectivity index (χ0) is 85.5. The monoisotopic (exact) mass is 1780 g/mol. The van der Waals surface area contributed by atoms with E-state index >= 15 is 0 Å². The summed E-state index contributed by atoms with van der Waals surface area (Å²) in [6.45, 7) is 2.18. The van der Waals surface area contributed by atoms with Gasteiger partial charge in [0.1, 0.15) is 86.4 Å². The van der Waals surface area contributed by atoms with E-state index in [1.54, 1.807) is 6.07 Å². The first-order chi connectivity index (χ1) is 53.8. The van der Waals surface area contributed by atoms with Crippen LogP contribution in [0.4, 0.5) is 62.6 Å². The van der Waals surface area contributed by atoms with Gasteiger partial charge in [0, 0.05) is 55.7 Å². The third-order valence-corrected chi connectivity index (χ3v) is 23.9. The molecular weight excluding hydrogens is 1720 g/mol. The number of nitrogens with zero attached hydrogens (tertiary/aromatic N) is 10. The van der Waals surface area contributed by atoms with Gasteiger partial charge in [0.15, 0.2) is 17.2 Å². The maximum absolute atomic E-state index is 13.7. The molecule has 610 valence electrons. The summed E-state index contributed by atoms with van der Waals surface area (Å²) in [6, 6.07) is 22.5. The number of phenols is 4. The first kappa shape index (κ1) is 86.8. The third kappa shape index (κ3) is 19.7. The predicted molar refractivity (Wildman–Crippen MR) is 407 cm³/mol. The molecular formula is C64H53N11O32S9. The minimum Gasteiger partial charge on any atom is -0.507 e. The molecule has 0 aliphatic carbocycles. The van der Waals surface area contributed by atoms with Gasteiger partial charge in [-0.1, -0.05) is 43.3 Å². The Hall–Kier alpha value is -11.6. The summed E-state index contributed by atoms with van der Waals surface area (Å²) >= 11 is 0. The Bertz CT molecular complexity index is 7180. The number of rotatable bonds is 28. The molecule has 0 spiro atoms. The number of aryl methyl sites for hydroxylation is 1. The summed E-state index contributed by atoms with van der Waals surface area (Å²) < 4.78 is 327. The molecule has 0 amide bonds. The van der Waals surface area contributed by atoms with Gasteiger partial charge < -0.3 is 30.5 Å². The average Bonchev–Trinajstić information content (AvgIpc) is 0.922. The van der Waals surface area contributed by atoms with Crippen LogP contribution < -0.4 is 10.1 Å². The lowest BCUT2D eigenvalue weighted by molar-refractivity contribution is 0.317. The molecule has 43 nitrogen and oxygen atoms in total.